The van der Waals surface area contributed by atoms with E-state index < -0.39 is 0 Å². The number of hydrogen-bond donors (Lipinski definition) is 1. The minimum Gasteiger partial charge on any atom is -0.327 e. The molecule has 1 unspecified atom stereocenters. The van der Waals surface area contributed by atoms with Crippen molar-refractivity contribution in [3.05, 3.63) is 41.5 Å². The van der Waals surface area contributed by atoms with Crippen LogP contribution in [0.2, 0.25) is 0 Å². The van der Waals surface area contributed by atoms with Crippen LogP contribution in [-0.4, -0.2) is 20.8 Å². The van der Waals surface area contributed by atoms with Gasteiger partial charge < -0.3 is 5.73 Å². The number of hydrogen-bond acceptors (Lipinski definition) is 3. The Bertz CT molecular complexity index is 559. The first kappa shape index (κ1) is 14.7. The van der Waals surface area contributed by atoms with E-state index in [1.807, 2.05) is 10.7 Å². The van der Waals surface area contributed by atoms with Crippen molar-refractivity contribution in [2.24, 2.45) is 5.73 Å². The Balaban J connectivity index is 2.44. The number of aryl methyl sites for hydroxylation is 2. The highest BCUT2D eigenvalue weighted by Gasteiger charge is 2.13. The molecule has 4 nitrogen and oxygen atoms in total. The molecule has 0 aliphatic carbocycles. The fourth-order valence-corrected chi connectivity index (χ4v) is 2.28. The first-order valence-corrected chi connectivity index (χ1v) is 7.48. The van der Waals surface area contributed by atoms with E-state index in [1.54, 1.807) is 0 Å². The van der Waals surface area contributed by atoms with Crippen LogP contribution in [0, 0.1) is 0 Å². The van der Waals surface area contributed by atoms with E-state index >= 15 is 0 Å². The summed E-state index contributed by atoms with van der Waals surface area (Å²) >= 11 is 0. The number of aromatic nitrogens is 3. The number of nitrogens with zero attached hydrogens (tertiary/aromatic N) is 3. The molecular formula is C16H24N4. The maximum Gasteiger partial charge on any atom is 0.151 e. The summed E-state index contributed by atoms with van der Waals surface area (Å²) in [6.45, 7) is 6.31. The van der Waals surface area contributed by atoms with Crippen LogP contribution in [0.5, 0.6) is 0 Å². The lowest BCUT2D eigenvalue weighted by molar-refractivity contribution is 0.640. The van der Waals surface area contributed by atoms with E-state index in [4.69, 9.17) is 5.73 Å². The molecule has 0 fully saturated rings. The van der Waals surface area contributed by atoms with E-state index in [1.165, 1.54) is 5.56 Å². The van der Waals surface area contributed by atoms with Crippen LogP contribution < -0.4 is 5.73 Å². The molecule has 20 heavy (non-hydrogen) atoms. The van der Waals surface area contributed by atoms with Crippen molar-refractivity contribution < 1.29 is 0 Å². The van der Waals surface area contributed by atoms with Gasteiger partial charge in [-0.3, -0.25) is 0 Å². The molecule has 0 amide bonds. The summed E-state index contributed by atoms with van der Waals surface area (Å²) in [5.74, 6) is 1.91. The lowest BCUT2D eigenvalue weighted by atomic mass is 10.0. The van der Waals surface area contributed by atoms with Crippen LogP contribution in [0.15, 0.2) is 24.3 Å². The van der Waals surface area contributed by atoms with Crippen molar-refractivity contribution >= 4 is 0 Å². The van der Waals surface area contributed by atoms with Gasteiger partial charge in [-0.15, -0.1) is 0 Å². The second-order valence-electron chi connectivity index (χ2n) is 5.06. The van der Waals surface area contributed by atoms with Gasteiger partial charge in [-0.05, 0) is 24.5 Å². The minimum absolute atomic E-state index is 0.190. The Kier molecular flexibility index (Phi) is 4.90. The highest BCUT2D eigenvalue weighted by molar-refractivity contribution is 5.41. The molecule has 2 rings (SSSR count). The Morgan fingerprint density at radius 2 is 1.90 bits per heavy atom. The van der Waals surface area contributed by atoms with Gasteiger partial charge in [0, 0.05) is 18.9 Å². The van der Waals surface area contributed by atoms with Gasteiger partial charge in [0.25, 0.3) is 0 Å². The molecule has 0 aliphatic heterocycles. The average molecular weight is 272 g/mol. The molecule has 1 aromatic carbocycles. The summed E-state index contributed by atoms with van der Waals surface area (Å²) in [5, 5.41) is 4.63. The zero-order chi connectivity index (χ0) is 14.5. The second kappa shape index (κ2) is 6.66. The molecule has 0 spiro atoms. The van der Waals surface area contributed by atoms with Crippen molar-refractivity contribution in [3.8, 4) is 5.69 Å². The Hall–Kier alpha value is -1.68. The first-order chi connectivity index (χ1) is 9.69. The molecule has 2 aromatic rings. The van der Waals surface area contributed by atoms with Crippen LogP contribution in [0.1, 0.15) is 44.4 Å². The largest absolute Gasteiger partial charge is 0.327 e. The molecule has 0 aliphatic rings. The second-order valence-corrected chi connectivity index (χ2v) is 5.06. The topological polar surface area (TPSA) is 56.7 Å². The quantitative estimate of drug-likeness (QED) is 0.879. The molecule has 0 bridgehead atoms. The molecule has 4 heteroatoms. The van der Waals surface area contributed by atoms with Gasteiger partial charge in [0.15, 0.2) is 5.82 Å². The number of rotatable bonds is 6. The molecule has 1 atom stereocenters. The first-order valence-electron chi connectivity index (χ1n) is 7.48. The SMILES string of the molecule is CCc1nc(CC)n(-c2ccccc2CC(N)CC)n1. The maximum absolute atomic E-state index is 6.11. The smallest absolute Gasteiger partial charge is 0.151 e. The summed E-state index contributed by atoms with van der Waals surface area (Å²) in [6, 6.07) is 8.53. The van der Waals surface area contributed by atoms with Gasteiger partial charge in [0.05, 0.1) is 5.69 Å². The fraction of sp³-hybridized carbons (Fsp3) is 0.500. The molecule has 0 radical (unpaired) electrons. The third kappa shape index (κ3) is 3.07. The van der Waals surface area contributed by atoms with Crippen molar-refractivity contribution in [1.29, 1.82) is 0 Å². The molecule has 108 valence electrons. The zero-order valence-corrected chi connectivity index (χ0v) is 12.6. The van der Waals surface area contributed by atoms with Crippen molar-refractivity contribution in [2.45, 2.75) is 52.5 Å². The fourth-order valence-electron chi connectivity index (χ4n) is 2.28. The normalized spacial score (nSPS) is 12.6. The Morgan fingerprint density at radius 3 is 2.55 bits per heavy atom. The van der Waals surface area contributed by atoms with Gasteiger partial charge in [-0.2, -0.15) is 5.10 Å². The van der Waals surface area contributed by atoms with Gasteiger partial charge >= 0.3 is 0 Å². The molecule has 1 heterocycles. The van der Waals surface area contributed by atoms with Gasteiger partial charge in [-0.25, -0.2) is 9.67 Å². The predicted molar refractivity (Wildman–Crippen MR) is 82.1 cm³/mol. The Morgan fingerprint density at radius 1 is 1.15 bits per heavy atom. The minimum atomic E-state index is 0.190. The van der Waals surface area contributed by atoms with Crippen LogP contribution in [0.25, 0.3) is 5.69 Å². The van der Waals surface area contributed by atoms with Crippen LogP contribution in [-0.2, 0) is 19.3 Å². The van der Waals surface area contributed by atoms with Gasteiger partial charge in [0.1, 0.15) is 5.82 Å². The van der Waals surface area contributed by atoms with Crippen molar-refractivity contribution in [1.82, 2.24) is 14.8 Å². The van der Waals surface area contributed by atoms with Crippen molar-refractivity contribution in [3.63, 3.8) is 0 Å². The lowest BCUT2D eigenvalue weighted by Crippen LogP contribution is -2.22. The van der Waals surface area contributed by atoms with Gasteiger partial charge in [0.2, 0.25) is 0 Å². The molecule has 0 saturated carbocycles. The third-order valence-electron chi connectivity index (χ3n) is 3.58. The van der Waals surface area contributed by atoms with E-state index in [-0.39, 0.29) is 6.04 Å². The van der Waals surface area contributed by atoms with Crippen LogP contribution in [0.4, 0.5) is 0 Å². The summed E-state index contributed by atoms with van der Waals surface area (Å²) in [5.41, 5.74) is 8.46. The van der Waals surface area contributed by atoms with Crippen LogP contribution >= 0.6 is 0 Å². The van der Waals surface area contributed by atoms with E-state index in [9.17, 15) is 0 Å². The Labute approximate surface area is 121 Å². The number of benzene rings is 1. The standard InChI is InChI=1S/C16H24N4/c1-4-13(17)11-12-9-7-8-10-14(12)20-16(6-3)18-15(5-2)19-20/h7-10,13H,4-6,11,17H2,1-3H3. The summed E-state index contributed by atoms with van der Waals surface area (Å²) in [7, 11) is 0. The predicted octanol–water partition coefficient (Wildman–Crippen LogP) is 2.67. The van der Waals surface area contributed by atoms with E-state index in [2.05, 4.69) is 49.1 Å². The molecule has 2 N–H and O–H groups in total. The lowest BCUT2D eigenvalue weighted by Gasteiger charge is -2.14. The molecule has 0 saturated heterocycles. The highest BCUT2D eigenvalue weighted by atomic mass is 15.3. The van der Waals surface area contributed by atoms with Crippen molar-refractivity contribution in [2.75, 3.05) is 0 Å². The third-order valence-corrected chi connectivity index (χ3v) is 3.58. The van der Waals surface area contributed by atoms with E-state index in [0.29, 0.717) is 0 Å². The van der Waals surface area contributed by atoms with Crippen LogP contribution in [0.3, 0.4) is 0 Å². The summed E-state index contributed by atoms with van der Waals surface area (Å²) in [6.07, 6.45) is 3.58. The molecule has 1 aromatic heterocycles. The highest BCUT2D eigenvalue weighted by Crippen LogP contribution is 2.18. The maximum atomic E-state index is 6.11. The summed E-state index contributed by atoms with van der Waals surface area (Å²) < 4.78 is 1.98. The number of para-hydroxylation sites is 1. The zero-order valence-electron chi connectivity index (χ0n) is 12.6. The molecular weight excluding hydrogens is 248 g/mol. The monoisotopic (exact) mass is 272 g/mol. The van der Waals surface area contributed by atoms with Gasteiger partial charge in [-0.1, -0.05) is 39.0 Å². The summed E-state index contributed by atoms with van der Waals surface area (Å²) in [4.78, 5) is 4.58. The average Bonchev–Trinajstić information content (AvgIpc) is 2.91. The number of nitrogens with two attached hydrogens (primary N) is 1. The van der Waals surface area contributed by atoms with E-state index in [0.717, 1.165) is 43.0 Å².